The molecule has 0 heterocycles. The van der Waals surface area contributed by atoms with Crippen LogP contribution in [0.2, 0.25) is 0 Å². The molecule has 20 heavy (non-hydrogen) atoms. The fraction of sp³-hybridized carbons (Fsp3) is 1.00. The van der Waals surface area contributed by atoms with Gasteiger partial charge in [0.15, 0.2) is 0 Å². The summed E-state index contributed by atoms with van der Waals surface area (Å²) in [6.07, 6.45) is 0. The van der Waals surface area contributed by atoms with Gasteiger partial charge in [-0.15, -0.1) is 0 Å². The van der Waals surface area contributed by atoms with Crippen molar-refractivity contribution < 1.29 is 35.3 Å². The molecule has 0 aromatic carbocycles. The highest BCUT2D eigenvalue weighted by molar-refractivity contribution is 3.90. The molecule has 7 heteroatoms. The lowest BCUT2D eigenvalue weighted by atomic mass is 10.9. The lowest BCUT2D eigenvalue weighted by Crippen LogP contribution is -1.83. The minimum absolute atomic E-state index is 0. The summed E-state index contributed by atoms with van der Waals surface area (Å²) < 4.78 is 0. The molecule has 0 amide bonds. The van der Waals surface area contributed by atoms with Gasteiger partial charge >= 0.3 is 0 Å². The molecule has 0 saturated heterocycles. The quantitative estimate of drug-likeness (QED) is 0.575. The van der Waals surface area contributed by atoms with E-state index in [0.717, 1.165) is 0 Å². The van der Waals surface area contributed by atoms with Crippen LogP contribution in [-0.2, 0) is 35.3 Å². The van der Waals surface area contributed by atoms with E-state index in [2.05, 4.69) is 9.78 Å². The van der Waals surface area contributed by atoms with Crippen molar-refractivity contribution in [1.29, 1.82) is 0 Å². The van der Waals surface area contributed by atoms with Crippen molar-refractivity contribution >= 4 is 0 Å². The second-order valence-electron chi connectivity index (χ2n) is 2.02. The summed E-state index contributed by atoms with van der Waals surface area (Å²) >= 11 is 0. The van der Waals surface area contributed by atoms with Crippen LogP contribution in [0, 0.1) is 0 Å². The first-order valence-corrected chi connectivity index (χ1v) is 6.55. The molecular weight excluding hydrogens is 268 g/mol. The van der Waals surface area contributed by atoms with Crippen molar-refractivity contribution in [3.05, 3.63) is 0 Å². The van der Waals surface area contributed by atoms with E-state index >= 15 is 0 Å². The van der Waals surface area contributed by atoms with Gasteiger partial charge in [-0.05, 0) is 41.5 Å². The molecule has 0 aliphatic heterocycles. The van der Waals surface area contributed by atoms with E-state index < -0.39 is 0 Å². The molecule has 0 fully saturated rings. The van der Waals surface area contributed by atoms with Crippen LogP contribution in [0.3, 0.4) is 0 Å². The number of hydrogen-bond donors (Lipinski definition) is 0. The molecule has 0 spiro atoms. The van der Waals surface area contributed by atoms with Gasteiger partial charge in [0.05, 0.1) is 46.8 Å². The smallest absolute Gasteiger partial charge is 0.0794 e. The average molecular weight is 301 g/mol. The van der Waals surface area contributed by atoms with E-state index in [4.69, 9.17) is 25.5 Å². The van der Waals surface area contributed by atoms with E-state index in [-0.39, 0.29) is 33.0 Å². The van der Waals surface area contributed by atoms with Gasteiger partial charge in [0.25, 0.3) is 0 Å². The first kappa shape index (κ1) is 36.7. The predicted octanol–water partition coefficient (Wildman–Crippen LogP) is 2.77. The Labute approximate surface area is 124 Å². The molecule has 0 aromatic rings. The number of hydrogen-bond acceptors (Lipinski definition) is 2. The third-order valence-electron chi connectivity index (χ3n) is 0.236. The lowest BCUT2D eigenvalue weighted by molar-refractivity contribution is -0.268. The first-order valence-electron chi connectivity index (χ1n) is 6.55. The van der Waals surface area contributed by atoms with Crippen LogP contribution >= 0.6 is 0 Å². The molecule has 0 atom stereocenters. The van der Waals surface area contributed by atoms with Gasteiger partial charge < -0.3 is 0 Å². The molecule has 5 radical (unpaired) electrons. The molecule has 0 aliphatic rings. The maximum Gasteiger partial charge on any atom is 0.0794 e. The molecule has 0 bridgehead atoms. The van der Waals surface area contributed by atoms with E-state index in [1.165, 1.54) is 7.11 Å². The highest BCUT2D eigenvalue weighted by atomic mass is 17.2. The van der Waals surface area contributed by atoms with Crippen molar-refractivity contribution in [2.45, 2.75) is 41.5 Å². The van der Waals surface area contributed by atoms with Gasteiger partial charge in [0, 0.05) is 0 Å². The Kier molecular flexibility index (Phi) is 181. The van der Waals surface area contributed by atoms with Gasteiger partial charge in [-0.2, -0.15) is 0 Å². The molecule has 0 rings (SSSR count). The van der Waals surface area contributed by atoms with E-state index in [0.29, 0.717) is 6.61 Å². The largest absolute Gasteiger partial charge is 0.240 e. The van der Waals surface area contributed by atoms with Crippen LogP contribution in [0.15, 0.2) is 0 Å². The molecular formula is C13H33O7. The van der Waals surface area contributed by atoms with Crippen molar-refractivity contribution in [1.82, 2.24) is 0 Å². The Hall–Kier alpha value is -0.280. The molecule has 0 aliphatic carbocycles. The fourth-order valence-electron chi connectivity index (χ4n) is 0.118. The van der Waals surface area contributed by atoms with Crippen molar-refractivity contribution in [3.63, 3.8) is 0 Å². The minimum atomic E-state index is 0. The Morgan fingerprint density at radius 1 is 0.550 bits per heavy atom. The van der Waals surface area contributed by atoms with Gasteiger partial charge in [-0.3, -0.25) is 0 Å². The molecule has 0 aromatic heterocycles. The topological polar surface area (TPSA) is 118 Å². The second-order valence-corrected chi connectivity index (χ2v) is 2.02. The van der Waals surface area contributed by atoms with E-state index in [1.54, 1.807) is 34.6 Å². The van der Waals surface area contributed by atoms with Crippen LogP contribution in [0.4, 0.5) is 0 Å². The van der Waals surface area contributed by atoms with Crippen molar-refractivity contribution in [2.24, 2.45) is 0 Å². The van der Waals surface area contributed by atoms with Crippen LogP contribution in [0.25, 0.3) is 0 Å². The highest BCUT2D eigenvalue weighted by Gasteiger charge is 1.63. The van der Waals surface area contributed by atoms with Gasteiger partial charge in [0.1, 0.15) is 0 Å². The summed E-state index contributed by atoms with van der Waals surface area (Å²) in [4.78, 5) is 8.52. The summed E-state index contributed by atoms with van der Waals surface area (Å²) in [7, 11) is 1.49. The lowest BCUT2D eigenvalue weighted by Gasteiger charge is -1.86. The molecule has 0 saturated carbocycles. The first-order chi connectivity index (χ1) is 9.49. The summed E-state index contributed by atoms with van der Waals surface area (Å²) in [6.45, 7) is 10.3. The van der Waals surface area contributed by atoms with Gasteiger partial charge in [-0.25, -0.2) is 35.3 Å². The summed E-state index contributed by atoms with van der Waals surface area (Å²) in [6, 6.07) is 0. The Morgan fingerprint density at radius 3 is 0.700 bits per heavy atom. The van der Waals surface area contributed by atoms with Gasteiger partial charge in [-0.1, -0.05) is 0 Å². The summed E-state index contributed by atoms with van der Waals surface area (Å²) in [5, 5.41) is 44.7. The third kappa shape index (κ3) is 1670. The van der Waals surface area contributed by atoms with Crippen LogP contribution in [-0.4, -0.2) is 46.8 Å². The van der Waals surface area contributed by atoms with Crippen molar-refractivity contribution in [3.8, 4) is 0 Å². The molecule has 7 nitrogen and oxygen atoms in total. The summed E-state index contributed by atoms with van der Waals surface area (Å²) in [5.74, 6) is 0. The number of rotatable bonds is 2. The zero-order chi connectivity index (χ0) is 17.7. The maximum absolute atomic E-state index is 8.93. The zero-order valence-electron chi connectivity index (χ0n) is 14.1. The molecule has 127 valence electrons. The fourth-order valence-corrected chi connectivity index (χ4v) is 0.118. The Balaban J connectivity index is -0.0000000299. The average Bonchev–Trinajstić information content (AvgIpc) is 2.35. The Morgan fingerprint density at radius 2 is 0.700 bits per heavy atom. The van der Waals surface area contributed by atoms with E-state index in [1.807, 2.05) is 6.92 Å². The summed E-state index contributed by atoms with van der Waals surface area (Å²) in [5.41, 5.74) is 0. The minimum Gasteiger partial charge on any atom is -0.240 e. The third-order valence-corrected chi connectivity index (χ3v) is 0.236. The van der Waals surface area contributed by atoms with Crippen LogP contribution < -0.4 is 0 Å². The zero-order valence-corrected chi connectivity index (χ0v) is 14.1. The van der Waals surface area contributed by atoms with Crippen LogP contribution in [0.1, 0.15) is 41.5 Å². The Bertz CT molecular complexity index is 53.1. The molecule has 0 unspecified atom stereocenters. The highest BCUT2D eigenvalue weighted by Crippen LogP contribution is 1.64. The van der Waals surface area contributed by atoms with Gasteiger partial charge in [0.2, 0.25) is 0 Å². The van der Waals surface area contributed by atoms with E-state index in [9.17, 15) is 0 Å². The SMILES string of the molecule is CCOOC.CC[O].CC[O].CC[O].CC[O].CC[O]. The predicted molar refractivity (Wildman–Crippen MR) is 74.8 cm³/mol. The van der Waals surface area contributed by atoms with Crippen molar-refractivity contribution in [2.75, 3.05) is 46.8 Å². The monoisotopic (exact) mass is 301 g/mol. The maximum atomic E-state index is 8.93. The normalized spacial score (nSPS) is 6.60. The van der Waals surface area contributed by atoms with Crippen LogP contribution in [0.5, 0.6) is 0 Å². The standard InChI is InChI=1S/C3H8O2.5C2H5O/c1-3-5-4-2;5*1-2-3/h3H2,1-2H3;5*2H2,1H3. The second kappa shape index (κ2) is 98.6. The molecule has 0 N–H and O–H groups in total.